The highest BCUT2D eigenvalue weighted by Gasteiger charge is 2.28. The Morgan fingerprint density at radius 3 is 2.83 bits per heavy atom. The minimum Gasteiger partial charge on any atom is -0.337 e. The maximum Gasteiger partial charge on any atom is 0.272 e. The van der Waals surface area contributed by atoms with Crippen LogP contribution in [0.4, 0.5) is 0 Å². The predicted octanol–water partition coefficient (Wildman–Crippen LogP) is 3.51. The fourth-order valence-electron chi connectivity index (χ4n) is 3.97. The number of pyridine rings is 3. The number of carbonyl (C=O) groups excluding carboxylic acids is 1. The van der Waals surface area contributed by atoms with E-state index >= 15 is 0 Å². The Labute approximate surface area is 174 Å². The Kier molecular flexibility index (Phi) is 4.71. The first-order valence-corrected chi connectivity index (χ1v) is 10.2. The van der Waals surface area contributed by atoms with Gasteiger partial charge in [0.05, 0.1) is 0 Å². The number of carbonyl (C=O) groups is 1. The molecule has 7 nitrogen and oxygen atoms in total. The number of hydrogen-bond acceptors (Lipinski definition) is 5. The van der Waals surface area contributed by atoms with E-state index in [2.05, 4.69) is 9.97 Å². The third-order valence-corrected chi connectivity index (χ3v) is 5.52. The van der Waals surface area contributed by atoms with Crippen LogP contribution in [0.3, 0.4) is 0 Å². The molecule has 0 unspecified atom stereocenters. The van der Waals surface area contributed by atoms with Crippen molar-refractivity contribution in [2.45, 2.75) is 25.7 Å². The summed E-state index contributed by atoms with van der Waals surface area (Å²) in [6.07, 6.45) is 7.47. The molecule has 1 atom stereocenters. The van der Waals surface area contributed by atoms with Crippen molar-refractivity contribution in [3.05, 3.63) is 78.3 Å². The fourth-order valence-corrected chi connectivity index (χ4v) is 3.97. The molecule has 5 heterocycles. The van der Waals surface area contributed by atoms with Gasteiger partial charge in [-0.3, -0.25) is 9.78 Å². The fraction of sp³-hybridized carbons (Fsp3) is 0.261. The Balaban J connectivity index is 1.39. The monoisotopic (exact) mass is 398 g/mol. The highest BCUT2D eigenvalue weighted by Crippen LogP contribution is 2.27. The molecule has 1 saturated heterocycles. The van der Waals surface area contributed by atoms with Crippen LogP contribution in [-0.2, 0) is 0 Å². The Bertz CT molecular complexity index is 1200. The molecule has 0 bridgehead atoms. The lowest BCUT2D eigenvalue weighted by molar-refractivity contribution is 0.0698. The summed E-state index contributed by atoms with van der Waals surface area (Å²) in [4.78, 5) is 28.1. The summed E-state index contributed by atoms with van der Waals surface area (Å²) in [5.41, 5.74) is 4.23. The smallest absolute Gasteiger partial charge is 0.272 e. The van der Waals surface area contributed by atoms with E-state index < -0.39 is 0 Å². The Morgan fingerprint density at radius 1 is 1.07 bits per heavy atom. The number of amides is 1. The summed E-state index contributed by atoms with van der Waals surface area (Å²) >= 11 is 0. The number of aromatic nitrogens is 5. The highest BCUT2D eigenvalue weighted by molar-refractivity contribution is 5.92. The quantitative estimate of drug-likeness (QED) is 0.528. The van der Waals surface area contributed by atoms with E-state index in [1.54, 1.807) is 12.3 Å². The van der Waals surface area contributed by atoms with E-state index in [0.29, 0.717) is 12.2 Å². The summed E-state index contributed by atoms with van der Waals surface area (Å²) in [7, 11) is 0. The minimum absolute atomic E-state index is 0.0222. The van der Waals surface area contributed by atoms with Gasteiger partial charge in [-0.25, -0.2) is 14.5 Å². The second-order valence-corrected chi connectivity index (χ2v) is 7.69. The molecule has 1 aliphatic heterocycles. The van der Waals surface area contributed by atoms with Gasteiger partial charge in [0.15, 0.2) is 11.5 Å². The third-order valence-electron chi connectivity index (χ3n) is 5.52. The van der Waals surface area contributed by atoms with Crippen molar-refractivity contribution >= 4 is 11.6 Å². The predicted molar refractivity (Wildman–Crippen MR) is 113 cm³/mol. The van der Waals surface area contributed by atoms with E-state index in [1.807, 2.05) is 65.1 Å². The van der Waals surface area contributed by atoms with Crippen LogP contribution < -0.4 is 0 Å². The van der Waals surface area contributed by atoms with Gasteiger partial charge in [0.25, 0.3) is 5.91 Å². The molecule has 0 N–H and O–H groups in total. The molecular weight excluding hydrogens is 376 g/mol. The second-order valence-electron chi connectivity index (χ2n) is 7.69. The standard InChI is InChI=1S/C23H22N6O/c1-16-5-2-8-20(25-16)23(30)28-12-4-7-19(14-28)22-26-21-10-9-18(15-29(21)27-22)17-6-3-11-24-13-17/h2-3,5-6,8-11,13,15,19H,4,7,12,14H2,1H3/t19-/m0/s1. The van der Waals surface area contributed by atoms with Gasteiger partial charge in [-0.2, -0.15) is 5.10 Å². The van der Waals surface area contributed by atoms with Crippen LogP contribution in [0.1, 0.15) is 40.8 Å². The van der Waals surface area contributed by atoms with Crippen LogP contribution in [0.2, 0.25) is 0 Å². The number of nitrogens with zero attached hydrogens (tertiary/aromatic N) is 6. The van der Waals surface area contributed by atoms with Crippen molar-refractivity contribution in [3.63, 3.8) is 0 Å². The average molecular weight is 398 g/mol. The van der Waals surface area contributed by atoms with Crippen molar-refractivity contribution in [3.8, 4) is 11.1 Å². The van der Waals surface area contributed by atoms with Crippen LogP contribution >= 0.6 is 0 Å². The zero-order valence-electron chi connectivity index (χ0n) is 16.8. The molecule has 4 aromatic rings. The molecule has 30 heavy (non-hydrogen) atoms. The lowest BCUT2D eigenvalue weighted by Crippen LogP contribution is -2.39. The molecule has 150 valence electrons. The Hall–Kier alpha value is -3.61. The van der Waals surface area contributed by atoms with Crippen LogP contribution in [0.25, 0.3) is 16.8 Å². The number of aryl methyl sites for hydroxylation is 1. The molecule has 1 aliphatic rings. The third kappa shape index (κ3) is 3.54. The number of piperidine rings is 1. The van der Waals surface area contributed by atoms with Crippen molar-refractivity contribution in [1.82, 2.24) is 29.5 Å². The van der Waals surface area contributed by atoms with Crippen molar-refractivity contribution < 1.29 is 4.79 Å². The minimum atomic E-state index is -0.0222. The molecular formula is C23H22N6O. The number of hydrogen-bond donors (Lipinski definition) is 0. The van der Waals surface area contributed by atoms with Gasteiger partial charge in [-0.1, -0.05) is 12.1 Å². The topological polar surface area (TPSA) is 76.3 Å². The zero-order chi connectivity index (χ0) is 20.5. The molecule has 0 radical (unpaired) electrons. The molecule has 5 rings (SSSR count). The number of likely N-dealkylation sites (tertiary alicyclic amines) is 1. The van der Waals surface area contributed by atoms with Crippen molar-refractivity contribution in [1.29, 1.82) is 0 Å². The maximum atomic E-state index is 12.9. The summed E-state index contributed by atoms with van der Waals surface area (Å²) in [5, 5.41) is 4.73. The van der Waals surface area contributed by atoms with Crippen molar-refractivity contribution in [2.75, 3.05) is 13.1 Å². The van der Waals surface area contributed by atoms with Crippen LogP contribution in [0.5, 0.6) is 0 Å². The van der Waals surface area contributed by atoms with Crippen LogP contribution in [0, 0.1) is 6.92 Å². The van der Waals surface area contributed by atoms with Gasteiger partial charge >= 0.3 is 0 Å². The highest BCUT2D eigenvalue weighted by atomic mass is 16.2. The van der Waals surface area contributed by atoms with Crippen LogP contribution in [-0.4, -0.2) is 48.5 Å². The summed E-state index contributed by atoms with van der Waals surface area (Å²) in [5.74, 6) is 0.883. The van der Waals surface area contributed by atoms with E-state index in [1.165, 1.54) is 0 Å². The largest absolute Gasteiger partial charge is 0.337 e. The normalized spacial score (nSPS) is 16.7. The van der Waals surface area contributed by atoms with E-state index in [9.17, 15) is 4.79 Å². The second kappa shape index (κ2) is 7.67. The molecule has 1 fully saturated rings. The zero-order valence-corrected chi connectivity index (χ0v) is 16.8. The van der Waals surface area contributed by atoms with E-state index in [4.69, 9.17) is 10.1 Å². The Morgan fingerprint density at radius 2 is 2.00 bits per heavy atom. The first-order chi connectivity index (χ1) is 14.7. The maximum absolute atomic E-state index is 12.9. The molecule has 0 aliphatic carbocycles. The molecule has 4 aromatic heterocycles. The lowest BCUT2D eigenvalue weighted by Gasteiger charge is -2.31. The molecule has 7 heteroatoms. The summed E-state index contributed by atoms with van der Waals surface area (Å²) in [6, 6.07) is 13.5. The first kappa shape index (κ1) is 18.4. The van der Waals surface area contributed by atoms with Gasteiger partial charge in [0.2, 0.25) is 0 Å². The van der Waals surface area contributed by atoms with E-state index in [-0.39, 0.29) is 11.8 Å². The summed E-state index contributed by atoms with van der Waals surface area (Å²) < 4.78 is 1.82. The van der Waals surface area contributed by atoms with Crippen molar-refractivity contribution in [2.24, 2.45) is 0 Å². The SMILES string of the molecule is Cc1cccc(C(=O)N2CCC[C@H](c3nc4ccc(-c5cccnc5)cn4n3)C2)n1. The molecule has 0 spiro atoms. The van der Waals surface area contributed by atoms with Gasteiger partial charge in [-0.05, 0) is 50.1 Å². The first-order valence-electron chi connectivity index (χ1n) is 10.2. The summed E-state index contributed by atoms with van der Waals surface area (Å²) in [6.45, 7) is 3.25. The van der Waals surface area contributed by atoms with Gasteiger partial charge in [0, 0.05) is 54.4 Å². The number of rotatable bonds is 3. The van der Waals surface area contributed by atoms with Gasteiger partial charge in [-0.15, -0.1) is 0 Å². The van der Waals surface area contributed by atoms with Crippen LogP contribution in [0.15, 0.2) is 61.1 Å². The lowest BCUT2D eigenvalue weighted by atomic mass is 9.97. The molecule has 0 aromatic carbocycles. The average Bonchev–Trinajstić information content (AvgIpc) is 3.23. The van der Waals surface area contributed by atoms with E-state index in [0.717, 1.165) is 47.7 Å². The van der Waals surface area contributed by atoms with Gasteiger partial charge < -0.3 is 4.90 Å². The van der Waals surface area contributed by atoms with Gasteiger partial charge in [0.1, 0.15) is 5.69 Å². The molecule has 1 amide bonds. The molecule has 0 saturated carbocycles. The number of fused-ring (bicyclic) bond motifs is 1.